The van der Waals surface area contributed by atoms with Gasteiger partial charge in [-0.1, -0.05) is 24.6 Å². The number of carboxylic acid groups (broad SMARTS) is 1. The average Bonchev–Trinajstić information content (AvgIpc) is 2.41. The lowest BCUT2D eigenvalue weighted by Gasteiger charge is -2.11. The van der Waals surface area contributed by atoms with Crippen molar-refractivity contribution in [1.29, 1.82) is 0 Å². The van der Waals surface area contributed by atoms with Gasteiger partial charge in [-0.15, -0.1) is 0 Å². The van der Waals surface area contributed by atoms with Gasteiger partial charge in [0, 0.05) is 12.2 Å². The molecule has 1 aromatic carbocycles. The van der Waals surface area contributed by atoms with Crippen molar-refractivity contribution in [3.8, 4) is 0 Å². The third kappa shape index (κ3) is 4.72. The van der Waals surface area contributed by atoms with Crippen LogP contribution in [0.3, 0.4) is 0 Å². The van der Waals surface area contributed by atoms with E-state index in [1.165, 1.54) is 0 Å². The van der Waals surface area contributed by atoms with Crippen LogP contribution in [0.5, 0.6) is 0 Å². The number of amides is 2. The second kappa shape index (κ2) is 7.28. The average molecular weight is 278 g/mol. The van der Waals surface area contributed by atoms with Gasteiger partial charge in [0.05, 0.1) is 5.92 Å². The number of aryl methyl sites for hydroxylation is 1. The molecule has 6 nitrogen and oxygen atoms in total. The largest absolute Gasteiger partial charge is 0.481 e. The van der Waals surface area contributed by atoms with Crippen LogP contribution >= 0.6 is 0 Å². The highest BCUT2D eigenvalue weighted by Crippen LogP contribution is 2.08. The van der Waals surface area contributed by atoms with E-state index in [0.29, 0.717) is 12.1 Å². The van der Waals surface area contributed by atoms with Crippen LogP contribution in [0.25, 0.3) is 0 Å². The van der Waals surface area contributed by atoms with Crippen molar-refractivity contribution in [2.75, 3.05) is 11.9 Å². The number of hydrogen-bond donors (Lipinski definition) is 3. The van der Waals surface area contributed by atoms with Gasteiger partial charge in [0.1, 0.15) is 0 Å². The Morgan fingerprint density at radius 3 is 2.25 bits per heavy atom. The number of aliphatic carboxylic acids is 1. The summed E-state index contributed by atoms with van der Waals surface area (Å²) >= 11 is 0. The molecule has 0 fully saturated rings. The number of rotatable bonds is 5. The molecule has 0 spiro atoms. The van der Waals surface area contributed by atoms with Crippen molar-refractivity contribution in [3.63, 3.8) is 0 Å². The first-order chi connectivity index (χ1) is 9.43. The zero-order valence-corrected chi connectivity index (χ0v) is 11.5. The summed E-state index contributed by atoms with van der Waals surface area (Å²) in [6.07, 6.45) is 0.384. The van der Waals surface area contributed by atoms with E-state index in [4.69, 9.17) is 5.11 Å². The van der Waals surface area contributed by atoms with Gasteiger partial charge in [-0.2, -0.15) is 0 Å². The third-order valence-corrected chi connectivity index (χ3v) is 2.87. The smallest absolute Gasteiger partial charge is 0.313 e. The molecule has 0 saturated carbocycles. The van der Waals surface area contributed by atoms with Gasteiger partial charge in [-0.25, -0.2) is 0 Å². The summed E-state index contributed by atoms with van der Waals surface area (Å²) in [7, 11) is 0. The second-order valence-electron chi connectivity index (χ2n) is 4.47. The van der Waals surface area contributed by atoms with E-state index in [9.17, 15) is 14.4 Å². The lowest BCUT2D eigenvalue weighted by molar-refractivity contribution is -0.142. The monoisotopic (exact) mass is 278 g/mol. The first-order valence-corrected chi connectivity index (χ1v) is 6.32. The first kappa shape index (κ1) is 15.7. The van der Waals surface area contributed by atoms with Crippen molar-refractivity contribution >= 4 is 23.5 Å². The Morgan fingerprint density at radius 2 is 1.75 bits per heavy atom. The molecule has 0 aliphatic rings. The van der Waals surface area contributed by atoms with Gasteiger partial charge in [0.15, 0.2) is 0 Å². The van der Waals surface area contributed by atoms with E-state index in [2.05, 4.69) is 10.6 Å². The van der Waals surface area contributed by atoms with Crippen LogP contribution in [0.2, 0.25) is 0 Å². The van der Waals surface area contributed by atoms with Crippen LogP contribution in [0.4, 0.5) is 5.69 Å². The van der Waals surface area contributed by atoms with Crippen molar-refractivity contribution in [3.05, 3.63) is 29.8 Å². The molecule has 0 heterocycles. The third-order valence-electron chi connectivity index (χ3n) is 2.87. The molecular weight excluding hydrogens is 260 g/mol. The summed E-state index contributed by atoms with van der Waals surface area (Å²) in [5, 5.41) is 13.6. The van der Waals surface area contributed by atoms with Crippen LogP contribution < -0.4 is 10.6 Å². The second-order valence-corrected chi connectivity index (χ2v) is 4.47. The highest BCUT2D eigenvalue weighted by Gasteiger charge is 2.19. The molecule has 0 aliphatic heterocycles. The Bertz CT molecular complexity index is 496. The molecular formula is C14H18N2O4. The summed E-state index contributed by atoms with van der Waals surface area (Å²) in [6.45, 7) is 3.55. The molecule has 0 saturated heterocycles. The summed E-state index contributed by atoms with van der Waals surface area (Å²) in [5.41, 5.74) is 1.56. The van der Waals surface area contributed by atoms with Gasteiger partial charge in [0.2, 0.25) is 0 Å². The summed E-state index contributed by atoms with van der Waals surface area (Å²) in [5.74, 6) is -3.34. The summed E-state index contributed by atoms with van der Waals surface area (Å²) in [4.78, 5) is 33.9. The number of benzene rings is 1. The van der Waals surface area contributed by atoms with Gasteiger partial charge in [-0.3, -0.25) is 14.4 Å². The number of carbonyl (C=O) groups is 3. The SMILES string of the molecule is CCC(CNC(=O)C(=O)Nc1ccc(C)cc1)C(=O)O. The molecule has 0 radical (unpaired) electrons. The van der Waals surface area contributed by atoms with E-state index >= 15 is 0 Å². The van der Waals surface area contributed by atoms with Crippen LogP contribution in [0.1, 0.15) is 18.9 Å². The Morgan fingerprint density at radius 1 is 1.15 bits per heavy atom. The molecule has 1 aromatic rings. The van der Waals surface area contributed by atoms with Crippen LogP contribution in [0, 0.1) is 12.8 Å². The Hall–Kier alpha value is -2.37. The number of carboxylic acids is 1. The number of hydrogen-bond acceptors (Lipinski definition) is 3. The van der Waals surface area contributed by atoms with Gasteiger partial charge < -0.3 is 15.7 Å². The molecule has 0 aromatic heterocycles. The molecule has 0 bridgehead atoms. The van der Waals surface area contributed by atoms with Gasteiger partial charge in [-0.05, 0) is 25.5 Å². The van der Waals surface area contributed by atoms with Crippen LogP contribution in [-0.2, 0) is 14.4 Å². The molecule has 2 amide bonds. The fraction of sp³-hybridized carbons (Fsp3) is 0.357. The maximum Gasteiger partial charge on any atom is 0.313 e. The zero-order chi connectivity index (χ0) is 15.1. The number of carbonyl (C=O) groups excluding carboxylic acids is 2. The van der Waals surface area contributed by atoms with E-state index in [0.717, 1.165) is 5.56 Å². The lowest BCUT2D eigenvalue weighted by Crippen LogP contribution is -2.39. The molecule has 1 atom stereocenters. The van der Waals surface area contributed by atoms with Crippen molar-refractivity contribution in [1.82, 2.24) is 5.32 Å². The summed E-state index contributed by atoms with van der Waals surface area (Å²) < 4.78 is 0. The zero-order valence-electron chi connectivity index (χ0n) is 11.5. The maximum atomic E-state index is 11.6. The lowest BCUT2D eigenvalue weighted by atomic mass is 10.1. The fourth-order valence-corrected chi connectivity index (χ4v) is 1.53. The summed E-state index contributed by atoms with van der Waals surface area (Å²) in [6, 6.07) is 7.00. The fourth-order valence-electron chi connectivity index (χ4n) is 1.53. The Kier molecular flexibility index (Phi) is 5.71. The topological polar surface area (TPSA) is 95.5 Å². The number of nitrogens with one attached hydrogen (secondary N) is 2. The molecule has 1 rings (SSSR count). The first-order valence-electron chi connectivity index (χ1n) is 6.32. The normalized spacial score (nSPS) is 11.5. The highest BCUT2D eigenvalue weighted by molar-refractivity contribution is 6.39. The predicted octanol–water partition coefficient (Wildman–Crippen LogP) is 1.16. The molecule has 20 heavy (non-hydrogen) atoms. The molecule has 1 unspecified atom stereocenters. The molecule has 3 N–H and O–H groups in total. The van der Waals surface area contributed by atoms with E-state index in [1.807, 2.05) is 19.1 Å². The van der Waals surface area contributed by atoms with Gasteiger partial charge in [0.25, 0.3) is 0 Å². The van der Waals surface area contributed by atoms with E-state index in [1.54, 1.807) is 19.1 Å². The van der Waals surface area contributed by atoms with Crippen LogP contribution in [0.15, 0.2) is 24.3 Å². The molecule has 6 heteroatoms. The van der Waals surface area contributed by atoms with Crippen molar-refractivity contribution in [2.45, 2.75) is 20.3 Å². The molecule has 0 aliphatic carbocycles. The minimum Gasteiger partial charge on any atom is -0.481 e. The Balaban J connectivity index is 2.49. The van der Waals surface area contributed by atoms with Crippen LogP contribution in [-0.4, -0.2) is 29.4 Å². The minimum absolute atomic E-state index is 0.0635. The van der Waals surface area contributed by atoms with Crippen molar-refractivity contribution < 1.29 is 19.5 Å². The van der Waals surface area contributed by atoms with E-state index < -0.39 is 23.7 Å². The molecule has 108 valence electrons. The predicted molar refractivity (Wildman–Crippen MR) is 74.2 cm³/mol. The maximum absolute atomic E-state index is 11.6. The number of anilines is 1. The van der Waals surface area contributed by atoms with E-state index in [-0.39, 0.29) is 6.54 Å². The quantitative estimate of drug-likeness (QED) is 0.704. The highest BCUT2D eigenvalue weighted by atomic mass is 16.4. The Labute approximate surface area is 117 Å². The minimum atomic E-state index is -0.994. The van der Waals surface area contributed by atoms with Crippen molar-refractivity contribution in [2.24, 2.45) is 5.92 Å². The van der Waals surface area contributed by atoms with Gasteiger partial charge >= 0.3 is 17.8 Å². The standard InChI is InChI=1S/C14H18N2O4/c1-3-10(14(19)20)8-15-12(17)13(18)16-11-6-4-9(2)5-7-11/h4-7,10H,3,8H2,1-2H3,(H,15,17)(H,16,18)(H,19,20).